The van der Waals surface area contributed by atoms with E-state index in [2.05, 4.69) is 5.32 Å². The first-order chi connectivity index (χ1) is 7.54. The van der Waals surface area contributed by atoms with Crippen LogP contribution in [0.1, 0.15) is 19.4 Å². The third kappa shape index (κ3) is 3.08. The highest BCUT2D eigenvalue weighted by molar-refractivity contribution is 6.03. The zero-order valence-electron chi connectivity index (χ0n) is 9.36. The predicted octanol–water partition coefficient (Wildman–Crippen LogP) is 1.91. The number of carbonyl (C=O) groups excluding carboxylic acids is 1. The van der Waals surface area contributed by atoms with Crippen molar-refractivity contribution in [2.24, 2.45) is 5.92 Å². The molecule has 86 valence electrons. The van der Waals surface area contributed by atoms with Crippen molar-refractivity contribution in [1.82, 2.24) is 0 Å². The van der Waals surface area contributed by atoms with Crippen molar-refractivity contribution >= 4 is 17.6 Å². The summed E-state index contributed by atoms with van der Waals surface area (Å²) in [5.41, 5.74) is 1.79. The van der Waals surface area contributed by atoms with Crippen LogP contribution < -0.4 is 5.32 Å². The van der Waals surface area contributed by atoms with Crippen LogP contribution in [0, 0.1) is 5.92 Å². The van der Waals surface area contributed by atoms with E-state index in [1.807, 2.05) is 19.1 Å². The monoisotopic (exact) mass is 221 g/mol. The Bertz CT molecular complexity index is 384. The minimum absolute atomic E-state index is 0.503. The quantitative estimate of drug-likeness (QED) is 0.763. The molecule has 0 saturated heterocycles. The van der Waals surface area contributed by atoms with Crippen molar-refractivity contribution in [2.45, 2.75) is 20.3 Å². The van der Waals surface area contributed by atoms with Gasteiger partial charge >= 0.3 is 5.97 Å². The van der Waals surface area contributed by atoms with Gasteiger partial charge in [0.05, 0.1) is 0 Å². The maximum Gasteiger partial charge on any atom is 0.315 e. The van der Waals surface area contributed by atoms with E-state index in [0.717, 1.165) is 6.42 Å². The van der Waals surface area contributed by atoms with E-state index in [4.69, 9.17) is 5.11 Å². The highest BCUT2D eigenvalue weighted by Crippen LogP contribution is 2.11. The molecule has 1 rings (SSSR count). The fourth-order valence-corrected chi connectivity index (χ4v) is 1.19. The number of nitrogens with one attached hydrogen (secondary N) is 1. The molecule has 0 heterocycles. The van der Waals surface area contributed by atoms with Gasteiger partial charge in [-0.2, -0.15) is 0 Å². The van der Waals surface area contributed by atoms with Gasteiger partial charge in [-0.3, -0.25) is 9.59 Å². The minimum Gasteiger partial charge on any atom is -0.481 e. The van der Waals surface area contributed by atoms with Gasteiger partial charge in [0.25, 0.3) is 0 Å². The number of carboxylic acids is 1. The zero-order chi connectivity index (χ0) is 12.1. The predicted molar refractivity (Wildman–Crippen MR) is 61.2 cm³/mol. The van der Waals surface area contributed by atoms with Crippen molar-refractivity contribution in [2.75, 3.05) is 5.32 Å². The molecule has 0 aliphatic carbocycles. The fraction of sp³-hybridized carbons (Fsp3) is 0.333. The van der Waals surface area contributed by atoms with Crippen molar-refractivity contribution in [3.63, 3.8) is 0 Å². The molecule has 0 aromatic heterocycles. The van der Waals surface area contributed by atoms with E-state index in [0.29, 0.717) is 5.69 Å². The number of hydrogen-bond donors (Lipinski definition) is 2. The summed E-state index contributed by atoms with van der Waals surface area (Å²) in [5.74, 6) is -2.66. The topological polar surface area (TPSA) is 66.4 Å². The number of carbonyl (C=O) groups is 2. The lowest BCUT2D eigenvalue weighted by molar-refractivity contribution is -0.144. The minimum atomic E-state index is -1.12. The molecule has 0 bridgehead atoms. The average Bonchev–Trinajstić information content (AvgIpc) is 2.28. The molecule has 0 aliphatic heterocycles. The van der Waals surface area contributed by atoms with Crippen molar-refractivity contribution in [3.05, 3.63) is 29.8 Å². The number of rotatable bonds is 4. The zero-order valence-corrected chi connectivity index (χ0v) is 9.36. The first-order valence-corrected chi connectivity index (χ1v) is 5.17. The van der Waals surface area contributed by atoms with E-state index in [9.17, 15) is 9.59 Å². The van der Waals surface area contributed by atoms with Crippen LogP contribution in [0.5, 0.6) is 0 Å². The number of aliphatic carboxylic acids is 1. The van der Waals surface area contributed by atoms with Gasteiger partial charge in [0, 0.05) is 5.69 Å². The molecule has 0 saturated carbocycles. The second kappa shape index (κ2) is 5.30. The Morgan fingerprint density at radius 3 is 2.31 bits per heavy atom. The van der Waals surface area contributed by atoms with Gasteiger partial charge in [0.2, 0.25) is 5.91 Å². The fourth-order valence-electron chi connectivity index (χ4n) is 1.19. The summed E-state index contributed by atoms with van der Waals surface area (Å²) in [5, 5.41) is 11.2. The molecule has 1 aromatic rings. The van der Waals surface area contributed by atoms with Crippen molar-refractivity contribution in [1.29, 1.82) is 0 Å². The van der Waals surface area contributed by atoms with Gasteiger partial charge in [-0.05, 0) is 31.0 Å². The standard InChI is InChI=1S/C12H15NO3/c1-3-9-4-6-10(7-5-9)13-11(14)8(2)12(15)16/h4-8H,3H2,1-2H3,(H,13,14)(H,15,16). The average molecular weight is 221 g/mol. The third-order valence-electron chi connectivity index (χ3n) is 2.39. The molecule has 4 nitrogen and oxygen atoms in total. The molecule has 1 aromatic carbocycles. The maximum atomic E-state index is 11.4. The van der Waals surface area contributed by atoms with E-state index in [1.54, 1.807) is 12.1 Å². The van der Waals surface area contributed by atoms with Gasteiger partial charge in [-0.15, -0.1) is 0 Å². The summed E-state index contributed by atoms with van der Waals surface area (Å²) in [6.07, 6.45) is 0.930. The number of aryl methyl sites for hydroxylation is 1. The smallest absolute Gasteiger partial charge is 0.315 e. The molecule has 0 spiro atoms. The highest BCUT2D eigenvalue weighted by Gasteiger charge is 2.20. The molecule has 2 N–H and O–H groups in total. The second-order valence-electron chi connectivity index (χ2n) is 3.60. The lowest BCUT2D eigenvalue weighted by Gasteiger charge is -2.08. The molecule has 1 amide bonds. The van der Waals surface area contributed by atoms with Crippen LogP contribution in [0.3, 0.4) is 0 Å². The van der Waals surface area contributed by atoms with Crippen LogP contribution in [0.15, 0.2) is 24.3 Å². The largest absolute Gasteiger partial charge is 0.481 e. The Hall–Kier alpha value is -1.84. The lowest BCUT2D eigenvalue weighted by atomic mass is 10.1. The molecular weight excluding hydrogens is 206 g/mol. The third-order valence-corrected chi connectivity index (χ3v) is 2.39. The molecule has 0 fully saturated rings. The number of carboxylic acid groups (broad SMARTS) is 1. The molecule has 1 atom stereocenters. The molecule has 4 heteroatoms. The van der Waals surface area contributed by atoms with E-state index in [1.165, 1.54) is 12.5 Å². The number of amides is 1. The maximum absolute atomic E-state index is 11.4. The first kappa shape index (κ1) is 12.2. The van der Waals surface area contributed by atoms with Crippen LogP contribution in [0.25, 0.3) is 0 Å². The summed E-state index contributed by atoms with van der Waals surface area (Å²) < 4.78 is 0. The van der Waals surface area contributed by atoms with Gasteiger partial charge in [0.1, 0.15) is 5.92 Å². The van der Waals surface area contributed by atoms with Crippen LogP contribution in [-0.2, 0) is 16.0 Å². The van der Waals surface area contributed by atoms with Crippen LogP contribution >= 0.6 is 0 Å². The molecule has 0 radical (unpaired) electrons. The van der Waals surface area contributed by atoms with Crippen molar-refractivity contribution in [3.8, 4) is 0 Å². The lowest BCUT2D eigenvalue weighted by Crippen LogP contribution is -2.26. The Balaban J connectivity index is 2.66. The molecule has 1 unspecified atom stereocenters. The van der Waals surface area contributed by atoms with Gasteiger partial charge in [-0.25, -0.2) is 0 Å². The summed E-state index contributed by atoms with van der Waals surface area (Å²) in [4.78, 5) is 22.0. The Morgan fingerprint density at radius 1 is 1.31 bits per heavy atom. The van der Waals surface area contributed by atoms with Gasteiger partial charge < -0.3 is 10.4 Å². The van der Waals surface area contributed by atoms with E-state index >= 15 is 0 Å². The molecule has 16 heavy (non-hydrogen) atoms. The number of hydrogen-bond acceptors (Lipinski definition) is 2. The summed E-state index contributed by atoms with van der Waals surface area (Å²) in [6, 6.07) is 7.35. The molecular formula is C12H15NO3. The van der Waals surface area contributed by atoms with Gasteiger partial charge in [0.15, 0.2) is 0 Å². The van der Waals surface area contributed by atoms with E-state index < -0.39 is 17.8 Å². The van der Waals surface area contributed by atoms with Crippen LogP contribution in [-0.4, -0.2) is 17.0 Å². The van der Waals surface area contributed by atoms with Crippen LogP contribution in [0.4, 0.5) is 5.69 Å². The normalized spacial score (nSPS) is 11.9. The van der Waals surface area contributed by atoms with Gasteiger partial charge in [-0.1, -0.05) is 19.1 Å². The SMILES string of the molecule is CCc1ccc(NC(=O)C(C)C(=O)O)cc1. The molecule has 0 aliphatic rings. The van der Waals surface area contributed by atoms with Crippen molar-refractivity contribution < 1.29 is 14.7 Å². The number of benzene rings is 1. The van der Waals surface area contributed by atoms with E-state index in [-0.39, 0.29) is 0 Å². The highest BCUT2D eigenvalue weighted by atomic mass is 16.4. The first-order valence-electron chi connectivity index (χ1n) is 5.17. The Kier molecular flexibility index (Phi) is 4.05. The summed E-state index contributed by atoms with van der Waals surface area (Å²) in [7, 11) is 0. The Labute approximate surface area is 94.3 Å². The number of anilines is 1. The van der Waals surface area contributed by atoms with Crippen LogP contribution in [0.2, 0.25) is 0 Å². The second-order valence-corrected chi connectivity index (χ2v) is 3.60. The summed E-state index contributed by atoms with van der Waals surface area (Å²) >= 11 is 0. The Morgan fingerprint density at radius 2 is 1.88 bits per heavy atom. The summed E-state index contributed by atoms with van der Waals surface area (Å²) in [6.45, 7) is 3.40.